The van der Waals surface area contributed by atoms with Gasteiger partial charge in [0.1, 0.15) is 0 Å². The molecule has 3 fully saturated rings. The third kappa shape index (κ3) is 3.16. The predicted octanol–water partition coefficient (Wildman–Crippen LogP) is 1.17. The average molecular weight is 396 g/mol. The highest BCUT2D eigenvalue weighted by molar-refractivity contribution is 5.23. The van der Waals surface area contributed by atoms with E-state index in [1.807, 2.05) is 17.9 Å². The van der Waals surface area contributed by atoms with Crippen molar-refractivity contribution in [3.05, 3.63) is 51.7 Å². The Balaban J connectivity index is 1.21. The molecule has 4 atom stereocenters. The van der Waals surface area contributed by atoms with Crippen LogP contribution in [-0.4, -0.2) is 62.5 Å². The van der Waals surface area contributed by atoms with Crippen molar-refractivity contribution in [3.63, 3.8) is 0 Å². The standard InChI is InChI=1S/C22H29N5O2/c1-24-7-16(6-23-24)9-25-8-15-4-18(11-25)21-3-2-17(22(28)27(21)10-15)12-26-13-20-5-19(26)14-29-20/h2-3,6-7,15,18-20H,4-5,8-14H2,1H3/t15-,18+,19+,20+/m0/s1. The summed E-state index contributed by atoms with van der Waals surface area (Å²) in [4.78, 5) is 18.3. The van der Waals surface area contributed by atoms with Crippen LogP contribution in [0.3, 0.4) is 0 Å². The molecule has 0 aliphatic carbocycles. The third-order valence-corrected chi connectivity index (χ3v) is 7.31. The van der Waals surface area contributed by atoms with Crippen LogP contribution >= 0.6 is 0 Å². The Labute approximate surface area is 170 Å². The van der Waals surface area contributed by atoms with E-state index < -0.39 is 0 Å². The molecule has 154 valence electrons. The third-order valence-electron chi connectivity index (χ3n) is 7.31. The van der Waals surface area contributed by atoms with Crippen molar-refractivity contribution in [2.75, 3.05) is 26.2 Å². The lowest BCUT2D eigenvalue weighted by Crippen LogP contribution is -2.47. The Hall–Kier alpha value is -1.96. The molecule has 2 aromatic rings. The van der Waals surface area contributed by atoms with Crippen LogP contribution in [0.4, 0.5) is 0 Å². The van der Waals surface area contributed by atoms with Gasteiger partial charge in [-0.25, -0.2) is 0 Å². The molecular weight excluding hydrogens is 366 g/mol. The molecule has 6 heterocycles. The van der Waals surface area contributed by atoms with Crippen LogP contribution in [-0.2, 0) is 31.4 Å². The first-order valence-electron chi connectivity index (χ1n) is 10.9. The summed E-state index contributed by atoms with van der Waals surface area (Å²) >= 11 is 0. The van der Waals surface area contributed by atoms with Crippen molar-refractivity contribution in [1.29, 1.82) is 0 Å². The molecular formula is C22H29N5O2. The lowest BCUT2D eigenvalue weighted by molar-refractivity contribution is 0.0270. The summed E-state index contributed by atoms with van der Waals surface area (Å²) in [6.07, 6.45) is 6.78. The van der Waals surface area contributed by atoms with Gasteiger partial charge in [0.15, 0.2) is 0 Å². The van der Waals surface area contributed by atoms with Crippen LogP contribution in [0.15, 0.2) is 29.3 Å². The van der Waals surface area contributed by atoms with Gasteiger partial charge in [-0.05, 0) is 24.8 Å². The van der Waals surface area contributed by atoms with Gasteiger partial charge in [-0.3, -0.25) is 19.3 Å². The predicted molar refractivity (Wildman–Crippen MR) is 109 cm³/mol. The number of likely N-dealkylation sites (tertiary alicyclic amines) is 2. The minimum Gasteiger partial charge on any atom is -0.375 e. The van der Waals surface area contributed by atoms with Crippen molar-refractivity contribution in [2.24, 2.45) is 13.0 Å². The van der Waals surface area contributed by atoms with Crippen molar-refractivity contribution in [3.8, 4) is 0 Å². The van der Waals surface area contributed by atoms with Crippen LogP contribution in [0.5, 0.6) is 0 Å². The number of pyridine rings is 1. The number of aryl methyl sites for hydroxylation is 1. The van der Waals surface area contributed by atoms with Crippen molar-refractivity contribution in [1.82, 2.24) is 24.1 Å². The molecule has 7 heteroatoms. The van der Waals surface area contributed by atoms with E-state index in [1.54, 1.807) is 0 Å². The Morgan fingerprint density at radius 1 is 1.14 bits per heavy atom. The van der Waals surface area contributed by atoms with Gasteiger partial charge in [0, 0.05) is 81.3 Å². The number of hydrogen-bond donors (Lipinski definition) is 0. The zero-order chi connectivity index (χ0) is 19.5. The van der Waals surface area contributed by atoms with Gasteiger partial charge < -0.3 is 9.30 Å². The van der Waals surface area contributed by atoms with Gasteiger partial charge in [0.05, 0.1) is 18.9 Å². The summed E-state index contributed by atoms with van der Waals surface area (Å²) in [6.45, 7) is 6.46. The number of aromatic nitrogens is 3. The summed E-state index contributed by atoms with van der Waals surface area (Å²) in [5.74, 6) is 1.01. The zero-order valence-electron chi connectivity index (χ0n) is 17.0. The van der Waals surface area contributed by atoms with Gasteiger partial charge in [-0.2, -0.15) is 5.10 Å². The minimum atomic E-state index is 0.238. The van der Waals surface area contributed by atoms with Crippen LogP contribution in [0, 0.1) is 5.92 Å². The van der Waals surface area contributed by atoms with E-state index in [0.717, 1.165) is 57.9 Å². The first-order chi connectivity index (χ1) is 14.1. The molecule has 0 aromatic carbocycles. The van der Waals surface area contributed by atoms with Gasteiger partial charge in [0.25, 0.3) is 5.56 Å². The number of rotatable bonds is 4. The maximum atomic E-state index is 13.3. The van der Waals surface area contributed by atoms with Crippen LogP contribution in [0.25, 0.3) is 0 Å². The van der Waals surface area contributed by atoms with Gasteiger partial charge in [-0.1, -0.05) is 6.07 Å². The highest BCUT2D eigenvalue weighted by atomic mass is 16.5. The summed E-state index contributed by atoms with van der Waals surface area (Å²) in [5.41, 5.74) is 3.69. The number of fused-ring (bicyclic) bond motifs is 6. The molecule has 6 rings (SSSR count). The van der Waals surface area contributed by atoms with Crippen molar-refractivity contribution >= 4 is 0 Å². The molecule has 4 aliphatic rings. The smallest absolute Gasteiger partial charge is 0.255 e. The lowest BCUT2D eigenvalue weighted by atomic mass is 9.83. The Morgan fingerprint density at radius 2 is 2.07 bits per heavy atom. The molecule has 4 aliphatic heterocycles. The van der Waals surface area contributed by atoms with E-state index in [-0.39, 0.29) is 5.56 Å². The second-order valence-electron chi connectivity index (χ2n) is 9.49. The molecule has 29 heavy (non-hydrogen) atoms. The first kappa shape index (κ1) is 17.9. The van der Waals surface area contributed by atoms with Crippen LogP contribution < -0.4 is 5.56 Å². The second-order valence-corrected chi connectivity index (χ2v) is 9.49. The van der Waals surface area contributed by atoms with E-state index in [9.17, 15) is 4.79 Å². The molecule has 0 radical (unpaired) electrons. The number of hydrogen-bond acceptors (Lipinski definition) is 5. The molecule has 0 amide bonds. The van der Waals surface area contributed by atoms with Gasteiger partial charge >= 0.3 is 0 Å². The SMILES string of the molecule is Cn1cc(CN2C[C@@H]3C[C@H](C2)c2ccc(CN4C[C@H]5C[C@@H]4CO5)c(=O)n2C3)cn1. The van der Waals surface area contributed by atoms with Gasteiger partial charge in [0.2, 0.25) is 0 Å². The highest BCUT2D eigenvalue weighted by Crippen LogP contribution is 2.36. The van der Waals surface area contributed by atoms with Crippen molar-refractivity contribution < 1.29 is 4.74 Å². The molecule has 2 aromatic heterocycles. The Kier molecular flexibility index (Phi) is 4.18. The molecule has 4 bridgehead atoms. The zero-order valence-corrected chi connectivity index (χ0v) is 17.0. The summed E-state index contributed by atoms with van der Waals surface area (Å²) < 4.78 is 9.68. The van der Waals surface area contributed by atoms with E-state index in [0.29, 0.717) is 24.0 Å². The molecule has 0 N–H and O–H groups in total. The van der Waals surface area contributed by atoms with E-state index >= 15 is 0 Å². The summed E-state index contributed by atoms with van der Waals surface area (Å²) in [5, 5.41) is 4.30. The minimum absolute atomic E-state index is 0.238. The van der Waals surface area contributed by atoms with Crippen molar-refractivity contribution in [2.45, 2.75) is 50.5 Å². The number of piperidine rings is 1. The largest absolute Gasteiger partial charge is 0.375 e. The first-order valence-corrected chi connectivity index (χ1v) is 10.9. The van der Waals surface area contributed by atoms with Crippen LogP contribution in [0.2, 0.25) is 0 Å². The summed E-state index contributed by atoms with van der Waals surface area (Å²) in [6, 6.07) is 4.83. The fourth-order valence-electron chi connectivity index (χ4n) is 6.04. The molecule has 3 saturated heterocycles. The highest BCUT2D eigenvalue weighted by Gasteiger charge is 2.39. The summed E-state index contributed by atoms with van der Waals surface area (Å²) in [7, 11) is 1.97. The van der Waals surface area contributed by atoms with Gasteiger partial charge in [-0.15, -0.1) is 0 Å². The fourth-order valence-corrected chi connectivity index (χ4v) is 6.04. The monoisotopic (exact) mass is 395 g/mol. The average Bonchev–Trinajstić information content (AvgIpc) is 3.42. The maximum Gasteiger partial charge on any atom is 0.255 e. The number of ether oxygens (including phenoxy) is 1. The second kappa shape index (κ2) is 6.79. The molecule has 7 nitrogen and oxygen atoms in total. The number of nitrogens with zero attached hydrogens (tertiary/aromatic N) is 5. The number of morpholine rings is 1. The lowest BCUT2D eigenvalue weighted by Gasteiger charge is -2.43. The van der Waals surface area contributed by atoms with E-state index in [4.69, 9.17) is 4.74 Å². The topological polar surface area (TPSA) is 55.5 Å². The Morgan fingerprint density at radius 3 is 2.83 bits per heavy atom. The van der Waals surface area contributed by atoms with E-state index in [2.05, 4.69) is 37.8 Å². The molecule has 0 unspecified atom stereocenters. The van der Waals surface area contributed by atoms with E-state index in [1.165, 1.54) is 17.7 Å². The van der Waals surface area contributed by atoms with Crippen LogP contribution in [0.1, 0.15) is 35.6 Å². The maximum absolute atomic E-state index is 13.3. The Bertz CT molecular complexity index is 982. The molecule has 0 saturated carbocycles. The normalized spacial score (nSPS) is 31.3. The quantitative estimate of drug-likeness (QED) is 0.778. The fraction of sp³-hybridized carbons (Fsp3) is 0.636. The molecule has 0 spiro atoms.